The maximum atomic E-state index is 14.0. The van der Waals surface area contributed by atoms with E-state index in [1.165, 1.54) is 13.7 Å². The van der Waals surface area contributed by atoms with Gasteiger partial charge in [-0.3, -0.25) is 0 Å². The molecule has 0 saturated heterocycles. The molecule has 0 bridgehead atoms. The number of nitrogens with zero attached hydrogens (tertiary/aromatic N) is 6. The molecule has 3 aliphatic rings. The molecule has 3 aliphatic carbocycles. The van der Waals surface area contributed by atoms with Crippen LogP contribution in [0.25, 0.3) is 0 Å². The zero-order valence-corrected chi connectivity index (χ0v) is 24.4. The lowest BCUT2D eigenvalue weighted by molar-refractivity contribution is 0.128. The minimum atomic E-state index is -0.535. The van der Waals surface area contributed by atoms with Gasteiger partial charge in [-0.2, -0.15) is 15.8 Å². The third kappa shape index (κ3) is 7.50. The fourth-order valence-electron chi connectivity index (χ4n) is 7.88. The van der Waals surface area contributed by atoms with Crippen molar-refractivity contribution >= 4 is 0 Å². The minimum absolute atomic E-state index is 0.0604. The Morgan fingerprint density at radius 3 is 1.71 bits per heavy atom. The van der Waals surface area contributed by atoms with Crippen molar-refractivity contribution < 1.29 is 4.74 Å². The molecule has 0 N–H and O–H groups in total. The Morgan fingerprint density at radius 1 is 0.707 bits per heavy atom. The molecule has 0 spiro atoms. The lowest BCUT2D eigenvalue weighted by Gasteiger charge is -2.34. The first-order chi connectivity index (χ1) is 19.9. The van der Waals surface area contributed by atoms with E-state index in [-0.39, 0.29) is 48.6 Å². The van der Waals surface area contributed by atoms with Gasteiger partial charge in [0.25, 0.3) is 6.26 Å². The molecule has 3 saturated carbocycles. The van der Waals surface area contributed by atoms with Gasteiger partial charge < -0.3 is 4.74 Å². The lowest BCUT2D eigenvalue weighted by Crippen LogP contribution is -2.57. The predicted octanol–water partition coefficient (Wildman–Crippen LogP) is 4.48. The summed E-state index contributed by atoms with van der Waals surface area (Å²) in [5.74, 6) is 1.02. The molecule has 0 aromatic carbocycles. The van der Waals surface area contributed by atoms with Gasteiger partial charge in [-0.1, -0.05) is 19.3 Å². The van der Waals surface area contributed by atoms with Gasteiger partial charge in [0.15, 0.2) is 0 Å². The van der Waals surface area contributed by atoms with E-state index in [0.29, 0.717) is 19.4 Å². The van der Waals surface area contributed by atoms with E-state index in [1.807, 2.05) is 6.92 Å². The Kier molecular flexibility index (Phi) is 10.9. The van der Waals surface area contributed by atoms with Crippen molar-refractivity contribution in [1.82, 2.24) is 13.7 Å². The first-order valence-corrected chi connectivity index (χ1v) is 15.6. The van der Waals surface area contributed by atoms with Crippen LogP contribution in [0.1, 0.15) is 103 Å². The van der Waals surface area contributed by atoms with Crippen LogP contribution in [0, 0.1) is 69.7 Å². The summed E-state index contributed by atoms with van der Waals surface area (Å²) < 4.78 is 8.93. The van der Waals surface area contributed by atoms with Crippen molar-refractivity contribution in [2.45, 2.75) is 116 Å². The third-order valence-corrected chi connectivity index (χ3v) is 10.1. The maximum absolute atomic E-state index is 14.0. The Balaban J connectivity index is 1.69. The van der Waals surface area contributed by atoms with Crippen molar-refractivity contribution in [2.24, 2.45) is 35.5 Å². The molecule has 0 radical (unpaired) electrons. The second-order valence-corrected chi connectivity index (χ2v) is 12.9. The number of rotatable bonds is 10. The van der Waals surface area contributed by atoms with E-state index in [9.17, 15) is 24.9 Å². The summed E-state index contributed by atoms with van der Waals surface area (Å²) in [6.45, 7) is 2.78. The molecular weight excluding hydrogens is 520 g/mol. The van der Waals surface area contributed by atoms with Gasteiger partial charge >= 0.3 is 17.1 Å². The summed E-state index contributed by atoms with van der Waals surface area (Å²) >= 11 is 0. The van der Waals surface area contributed by atoms with Crippen LogP contribution >= 0.6 is 0 Å². The average molecular weight is 565 g/mol. The summed E-state index contributed by atoms with van der Waals surface area (Å²) in [5.41, 5.74) is -1.60. The summed E-state index contributed by atoms with van der Waals surface area (Å²) in [4.78, 5) is 41.8. The van der Waals surface area contributed by atoms with Crippen LogP contribution in [-0.4, -0.2) is 20.3 Å². The highest BCUT2D eigenvalue weighted by atomic mass is 16.5. The Hall–Kier alpha value is -3.32. The second kappa shape index (κ2) is 14.5. The Bertz CT molecular complexity index is 1260. The molecule has 0 amide bonds. The minimum Gasteiger partial charge on any atom is -0.427 e. The standard InChI is InChI=1S/C31H44N6O4/c1-22(28-10-4-9-27(17-28)20-41-21-34)37-30(39)35(18-25-7-2-5-23(15-25)11-13-32)29(38)36(31(37)40)19-26-8-3-6-24(16-26)12-14-33/h22-28H,2-12,15-20H2,1H3. The van der Waals surface area contributed by atoms with Gasteiger partial charge in [0.1, 0.15) is 6.61 Å². The van der Waals surface area contributed by atoms with Crippen molar-refractivity contribution in [3.05, 3.63) is 31.5 Å². The van der Waals surface area contributed by atoms with Crippen molar-refractivity contribution in [3.8, 4) is 18.4 Å². The summed E-state index contributed by atoms with van der Waals surface area (Å²) in [7, 11) is 0. The monoisotopic (exact) mass is 564 g/mol. The molecule has 41 heavy (non-hydrogen) atoms. The SMILES string of the molecule is CC(C1CCCC(COC#N)C1)n1c(=O)n(CC2CCCC(CC#N)C2)c(=O)n(CC2CCCC(CC#N)C2)c1=O. The van der Waals surface area contributed by atoms with Gasteiger partial charge in [0.05, 0.1) is 12.1 Å². The van der Waals surface area contributed by atoms with E-state index in [1.54, 1.807) is 6.26 Å². The molecule has 222 valence electrons. The summed E-state index contributed by atoms with van der Waals surface area (Å²) in [6, 6.07) is 4.14. The Labute approximate surface area is 242 Å². The van der Waals surface area contributed by atoms with Crippen molar-refractivity contribution in [3.63, 3.8) is 0 Å². The zero-order valence-electron chi connectivity index (χ0n) is 24.4. The smallest absolute Gasteiger partial charge is 0.336 e. The maximum Gasteiger partial charge on any atom is 0.336 e. The van der Waals surface area contributed by atoms with Gasteiger partial charge in [0.2, 0.25) is 0 Å². The number of hydrogen-bond acceptors (Lipinski definition) is 7. The molecule has 10 heteroatoms. The number of ether oxygens (including phenoxy) is 1. The molecule has 1 heterocycles. The highest BCUT2D eigenvalue weighted by Crippen LogP contribution is 2.36. The van der Waals surface area contributed by atoms with E-state index < -0.39 is 23.1 Å². The highest BCUT2D eigenvalue weighted by Gasteiger charge is 2.32. The molecule has 1 aromatic heterocycles. The van der Waals surface area contributed by atoms with Crippen LogP contribution < -0.4 is 17.1 Å². The fourth-order valence-corrected chi connectivity index (χ4v) is 7.88. The normalized spacial score (nSPS) is 29.0. The van der Waals surface area contributed by atoms with Crippen LogP contribution in [0.3, 0.4) is 0 Å². The predicted molar refractivity (Wildman–Crippen MR) is 152 cm³/mol. The topological polar surface area (TPSA) is 147 Å². The highest BCUT2D eigenvalue weighted by molar-refractivity contribution is 4.90. The third-order valence-electron chi connectivity index (χ3n) is 10.1. The van der Waals surface area contributed by atoms with E-state index in [0.717, 1.165) is 77.0 Å². The molecule has 7 unspecified atom stereocenters. The molecule has 7 atom stereocenters. The summed E-state index contributed by atoms with van der Waals surface area (Å²) in [6.07, 6.45) is 13.5. The van der Waals surface area contributed by atoms with E-state index in [4.69, 9.17) is 10.00 Å². The zero-order chi connectivity index (χ0) is 29.4. The second-order valence-electron chi connectivity index (χ2n) is 12.9. The molecule has 10 nitrogen and oxygen atoms in total. The number of hydrogen-bond donors (Lipinski definition) is 0. The molecule has 3 fully saturated rings. The first kappa shape index (κ1) is 30.6. The molecule has 0 aliphatic heterocycles. The van der Waals surface area contributed by atoms with Gasteiger partial charge in [-0.15, -0.1) is 0 Å². The van der Waals surface area contributed by atoms with Crippen LogP contribution in [0.15, 0.2) is 14.4 Å². The summed E-state index contributed by atoms with van der Waals surface area (Å²) in [5, 5.41) is 27.3. The van der Waals surface area contributed by atoms with E-state index >= 15 is 0 Å². The van der Waals surface area contributed by atoms with E-state index in [2.05, 4.69) is 12.1 Å². The van der Waals surface area contributed by atoms with Gasteiger partial charge in [0, 0.05) is 32.0 Å². The molecular formula is C31H44N6O4. The van der Waals surface area contributed by atoms with Crippen LogP contribution in [0.4, 0.5) is 0 Å². The first-order valence-electron chi connectivity index (χ1n) is 15.6. The quantitative estimate of drug-likeness (QED) is 0.381. The Morgan fingerprint density at radius 2 is 1.20 bits per heavy atom. The van der Waals surface area contributed by atoms with Gasteiger partial charge in [-0.25, -0.2) is 28.1 Å². The van der Waals surface area contributed by atoms with Gasteiger partial charge in [-0.05, 0) is 100 Å². The number of nitriles is 3. The van der Waals surface area contributed by atoms with Crippen LogP contribution in [0.2, 0.25) is 0 Å². The van der Waals surface area contributed by atoms with Crippen LogP contribution in [0.5, 0.6) is 0 Å². The lowest BCUT2D eigenvalue weighted by atomic mass is 9.78. The van der Waals surface area contributed by atoms with Crippen molar-refractivity contribution in [2.75, 3.05) is 6.61 Å². The fraction of sp³-hybridized carbons (Fsp3) is 0.806. The number of aromatic nitrogens is 3. The van der Waals surface area contributed by atoms with Crippen molar-refractivity contribution in [1.29, 1.82) is 15.8 Å². The molecule has 4 rings (SSSR count). The largest absolute Gasteiger partial charge is 0.427 e. The van der Waals surface area contributed by atoms with Crippen LogP contribution in [-0.2, 0) is 17.8 Å². The molecule has 1 aromatic rings. The average Bonchev–Trinajstić information content (AvgIpc) is 2.97.